The summed E-state index contributed by atoms with van der Waals surface area (Å²) < 4.78 is 0. The van der Waals surface area contributed by atoms with Gasteiger partial charge < -0.3 is 4.90 Å². The summed E-state index contributed by atoms with van der Waals surface area (Å²) in [5, 5.41) is 0. The fourth-order valence-corrected chi connectivity index (χ4v) is 1.52. The number of nitrogens with zero attached hydrogens (tertiary/aromatic N) is 1. The highest BCUT2D eigenvalue weighted by Crippen LogP contribution is 2.24. The van der Waals surface area contributed by atoms with Crippen LogP contribution in [0, 0.1) is 17.3 Å². The van der Waals surface area contributed by atoms with E-state index in [2.05, 4.69) is 32.8 Å². The highest BCUT2D eigenvalue weighted by molar-refractivity contribution is 5.83. The minimum Gasteiger partial charge on any atom is -0.309 e. The molecule has 15 heavy (non-hydrogen) atoms. The van der Waals surface area contributed by atoms with Crippen LogP contribution in [0.4, 0.5) is 0 Å². The van der Waals surface area contributed by atoms with Crippen molar-refractivity contribution in [1.82, 2.24) is 4.90 Å². The van der Waals surface area contributed by atoms with Gasteiger partial charge in [0.25, 0.3) is 0 Å². The first-order chi connectivity index (χ1) is 6.64. The Hall–Kier alpha value is -0.370. The van der Waals surface area contributed by atoms with Crippen LogP contribution in [-0.2, 0) is 4.79 Å². The zero-order valence-corrected chi connectivity index (χ0v) is 11.4. The van der Waals surface area contributed by atoms with Gasteiger partial charge in [-0.15, -0.1) is 0 Å². The maximum absolute atomic E-state index is 11.9. The molecule has 0 saturated carbocycles. The van der Waals surface area contributed by atoms with E-state index in [0.717, 1.165) is 6.54 Å². The van der Waals surface area contributed by atoms with E-state index in [9.17, 15) is 4.79 Å². The van der Waals surface area contributed by atoms with Gasteiger partial charge in [-0.05, 0) is 25.9 Å². The lowest BCUT2D eigenvalue weighted by atomic mass is 9.81. The average Bonchev–Trinajstić information content (AvgIpc) is 1.99. The van der Waals surface area contributed by atoms with Crippen LogP contribution in [0.2, 0.25) is 0 Å². The fraction of sp³-hybridized carbons (Fsp3) is 0.923. The second-order valence-electron chi connectivity index (χ2n) is 6.14. The summed E-state index contributed by atoms with van der Waals surface area (Å²) >= 11 is 0. The Morgan fingerprint density at radius 3 is 1.93 bits per heavy atom. The molecule has 0 fully saturated rings. The molecule has 0 saturated heterocycles. The molecule has 0 N–H and O–H groups in total. The lowest BCUT2D eigenvalue weighted by Gasteiger charge is -2.27. The van der Waals surface area contributed by atoms with Gasteiger partial charge in [-0.1, -0.05) is 34.6 Å². The van der Waals surface area contributed by atoms with Gasteiger partial charge in [0.1, 0.15) is 5.78 Å². The average molecular weight is 213 g/mol. The van der Waals surface area contributed by atoms with Crippen molar-refractivity contribution in [3.63, 3.8) is 0 Å². The largest absolute Gasteiger partial charge is 0.309 e. The Balaban J connectivity index is 4.36. The lowest BCUT2D eigenvalue weighted by Crippen LogP contribution is -2.31. The molecule has 90 valence electrons. The molecule has 0 radical (unpaired) electrons. The van der Waals surface area contributed by atoms with E-state index in [-0.39, 0.29) is 5.41 Å². The van der Waals surface area contributed by atoms with E-state index >= 15 is 0 Å². The van der Waals surface area contributed by atoms with E-state index in [1.807, 2.05) is 20.8 Å². The van der Waals surface area contributed by atoms with Crippen molar-refractivity contribution in [3.8, 4) is 0 Å². The molecule has 0 bridgehead atoms. The van der Waals surface area contributed by atoms with Crippen LogP contribution in [0.3, 0.4) is 0 Å². The van der Waals surface area contributed by atoms with Crippen molar-refractivity contribution in [1.29, 1.82) is 0 Å². The van der Waals surface area contributed by atoms with Gasteiger partial charge in [0.15, 0.2) is 0 Å². The van der Waals surface area contributed by atoms with E-state index in [4.69, 9.17) is 0 Å². The van der Waals surface area contributed by atoms with E-state index < -0.39 is 0 Å². The first kappa shape index (κ1) is 14.6. The number of hydrogen-bond donors (Lipinski definition) is 0. The van der Waals surface area contributed by atoms with Crippen molar-refractivity contribution in [2.24, 2.45) is 17.3 Å². The number of Topliss-reactive ketones (excluding diaryl/α,β-unsaturated/α-hetero) is 1. The monoisotopic (exact) mass is 213 g/mol. The standard InChI is InChI=1S/C13H27NO/c1-10(2)11(9-14(6)7)8-12(15)13(3,4)5/h10-11H,8-9H2,1-7H3. The summed E-state index contributed by atoms with van der Waals surface area (Å²) in [6, 6.07) is 0. The van der Waals surface area contributed by atoms with Gasteiger partial charge >= 0.3 is 0 Å². The van der Waals surface area contributed by atoms with E-state index in [0.29, 0.717) is 24.0 Å². The molecular formula is C13H27NO. The molecule has 1 unspecified atom stereocenters. The van der Waals surface area contributed by atoms with Crippen molar-refractivity contribution < 1.29 is 4.79 Å². The number of ketones is 1. The SMILES string of the molecule is CC(C)C(CC(=O)C(C)(C)C)CN(C)C. The van der Waals surface area contributed by atoms with Crippen LogP contribution in [0.5, 0.6) is 0 Å². The van der Waals surface area contributed by atoms with Gasteiger partial charge in [0, 0.05) is 18.4 Å². The molecule has 0 aliphatic rings. The van der Waals surface area contributed by atoms with Crippen molar-refractivity contribution >= 4 is 5.78 Å². The Labute approximate surface area is 95.0 Å². The summed E-state index contributed by atoms with van der Waals surface area (Å²) in [5.74, 6) is 1.42. The van der Waals surface area contributed by atoms with Crippen molar-refractivity contribution in [3.05, 3.63) is 0 Å². The molecule has 0 aromatic rings. The molecule has 0 aromatic heterocycles. The zero-order valence-electron chi connectivity index (χ0n) is 11.4. The molecule has 0 aliphatic heterocycles. The van der Waals surface area contributed by atoms with Crippen LogP contribution in [0.25, 0.3) is 0 Å². The summed E-state index contributed by atoms with van der Waals surface area (Å²) in [4.78, 5) is 14.1. The summed E-state index contributed by atoms with van der Waals surface area (Å²) in [6.45, 7) is 11.4. The zero-order chi connectivity index (χ0) is 12.2. The summed E-state index contributed by atoms with van der Waals surface area (Å²) in [5.41, 5.74) is -0.195. The van der Waals surface area contributed by atoms with Crippen molar-refractivity contribution in [2.45, 2.75) is 41.0 Å². The molecule has 2 nitrogen and oxygen atoms in total. The Morgan fingerprint density at radius 2 is 1.67 bits per heavy atom. The van der Waals surface area contributed by atoms with Crippen LogP contribution < -0.4 is 0 Å². The molecule has 0 spiro atoms. The molecule has 0 heterocycles. The summed E-state index contributed by atoms with van der Waals surface area (Å²) in [6.07, 6.45) is 0.708. The molecule has 0 aromatic carbocycles. The van der Waals surface area contributed by atoms with Crippen LogP contribution in [-0.4, -0.2) is 31.3 Å². The van der Waals surface area contributed by atoms with Gasteiger partial charge in [0.2, 0.25) is 0 Å². The van der Waals surface area contributed by atoms with Crippen LogP contribution in [0.15, 0.2) is 0 Å². The second-order valence-corrected chi connectivity index (χ2v) is 6.14. The normalized spacial score (nSPS) is 14.7. The van der Waals surface area contributed by atoms with Crippen molar-refractivity contribution in [2.75, 3.05) is 20.6 Å². The predicted molar refractivity (Wildman–Crippen MR) is 66.0 cm³/mol. The van der Waals surface area contributed by atoms with Crippen LogP contribution >= 0.6 is 0 Å². The highest BCUT2D eigenvalue weighted by atomic mass is 16.1. The van der Waals surface area contributed by atoms with E-state index in [1.54, 1.807) is 0 Å². The maximum Gasteiger partial charge on any atom is 0.138 e. The summed E-state index contributed by atoms with van der Waals surface area (Å²) in [7, 11) is 4.13. The Bertz CT molecular complexity index is 201. The molecule has 0 aliphatic carbocycles. The maximum atomic E-state index is 11.9. The number of carbonyl (C=O) groups is 1. The van der Waals surface area contributed by atoms with Gasteiger partial charge in [0.05, 0.1) is 0 Å². The third-order valence-corrected chi connectivity index (χ3v) is 2.83. The lowest BCUT2D eigenvalue weighted by molar-refractivity contribution is -0.127. The number of hydrogen-bond acceptors (Lipinski definition) is 2. The first-order valence-electron chi connectivity index (χ1n) is 5.82. The number of rotatable bonds is 5. The molecule has 1 atom stereocenters. The number of carbonyl (C=O) groups excluding carboxylic acids is 1. The van der Waals surface area contributed by atoms with Gasteiger partial charge in [-0.25, -0.2) is 0 Å². The molecule has 2 heteroatoms. The smallest absolute Gasteiger partial charge is 0.138 e. The first-order valence-corrected chi connectivity index (χ1v) is 5.82. The second kappa shape index (κ2) is 5.64. The highest BCUT2D eigenvalue weighted by Gasteiger charge is 2.26. The topological polar surface area (TPSA) is 20.3 Å². The quantitative estimate of drug-likeness (QED) is 0.700. The molecule has 0 amide bonds. The Kier molecular flexibility index (Phi) is 5.50. The molecule has 0 rings (SSSR count). The Morgan fingerprint density at radius 1 is 1.20 bits per heavy atom. The third-order valence-electron chi connectivity index (χ3n) is 2.83. The minimum atomic E-state index is -0.195. The third kappa shape index (κ3) is 5.93. The van der Waals surface area contributed by atoms with Crippen LogP contribution in [0.1, 0.15) is 41.0 Å². The fourth-order valence-electron chi connectivity index (χ4n) is 1.52. The van der Waals surface area contributed by atoms with E-state index in [1.165, 1.54) is 0 Å². The minimum absolute atomic E-state index is 0.195. The predicted octanol–water partition coefficient (Wildman–Crippen LogP) is 2.83. The van der Waals surface area contributed by atoms with Gasteiger partial charge in [-0.2, -0.15) is 0 Å². The van der Waals surface area contributed by atoms with Gasteiger partial charge in [-0.3, -0.25) is 4.79 Å². The molecular weight excluding hydrogens is 186 g/mol.